The second kappa shape index (κ2) is 7.66. The van der Waals surface area contributed by atoms with Crippen LogP contribution in [0.15, 0.2) is 24.3 Å². The van der Waals surface area contributed by atoms with E-state index in [2.05, 4.69) is 22.9 Å². The number of amides is 3. The van der Waals surface area contributed by atoms with E-state index in [1.165, 1.54) is 0 Å². The number of halogens is 1. The summed E-state index contributed by atoms with van der Waals surface area (Å²) in [6, 6.07) is 7.58. The van der Waals surface area contributed by atoms with Gasteiger partial charge in [0, 0.05) is 36.4 Å². The molecule has 126 valence electrons. The summed E-state index contributed by atoms with van der Waals surface area (Å²) >= 11 is 0. The summed E-state index contributed by atoms with van der Waals surface area (Å²) in [5.74, 6) is -0.0574. The summed E-state index contributed by atoms with van der Waals surface area (Å²) in [6.07, 6.45) is 2.09. The Morgan fingerprint density at radius 1 is 1.26 bits per heavy atom. The van der Waals surface area contributed by atoms with Gasteiger partial charge < -0.3 is 16.0 Å². The van der Waals surface area contributed by atoms with Crippen LogP contribution in [0.25, 0.3) is 0 Å². The topological polar surface area (TPSA) is 73.5 Å². The predicted octanol–water partition coefficient (Wildman–Crippen LogP) is 1.51. The molecule has 0 radical (unpaired) electrons. The maximum Gasteiger partial charge on any atom is 0.321 e. The molecule has 7 heteroatoms. The minimum atomic E-state index is -0.0840. The van der Waals surface area contributed by atoms with E-state index in [1.807, 2.05) is 12.1 Å². The van der Waals surface area contributed by atoms with Gasteiger partial charge in [0.2, 0.25) is 0 Å². The van der Waals surface area contributed by atoms with Crippen molar-refractivity contribution in [2.24, 2.45) is 0 Å². The predicted molar refractivity (Wildman–Crippen MR) is 92.4 cm³/mol. The fourth-order valence-electron chi connectivity index (χ4n) is 3.00. The maximum absolute atomic E-state index is 12.3. The lowest BCUT2D eigenvalue weighted by Gasteiger charge is -2.30. The Hall–Kier alpha value is -1.79. The molecule has 0 aliphatic carbocycles. The number of hydrogen-bond acceptors (Lipinski definition) is 3. The summed E-state index contributed by atoms with van der Waals surface area (Å²) < 4.78 is 0. The maximum atomic E-state index is 12.3. The van der Waals surface area contributed by atoms with Crippen LogP contribution in [0, 0.1) is 0 Å². The van der Waals surface area contributed by atoms with Gasteiger partial charge in [-0.1, -0.05) is 0 Å². The highest BCUT2D eigenvalue weighted by Crippen LogP contribution is 2.17. The molecule has 2 aliphatic heterocycles. The van der Waals surface area contributed by atoms with Gasteiger partial charge >= 0.3 is 6.03 Å². The quantitative estimate of drug-likeness (QED) is 0.782. The SMILES string of the molecule is CC1NCCCC1NC(=O)c1ccc(N2CCNC2=O)cc1.Cl. The molecule has 1 aromatic carbocycles. The van der Waals surface area contributed by atoms with Gasteiger partial charge in [0.05, 0.1) is 0 Å². The van der Waals surface area contributed by atoms with Crippen molar-refractivity contribution in [3.8, 4) is 0 Å². The van der Waals surface area contributed by atoms with E-state index < -0.39 is 0 Å². The Kier molecular flexibility index (Phi) is 5.85. The van der Waals surface area contributed by atoms with Crippen LogP contribution < -0.4 is 20.9 Å². The number of nitrogens with one attached hydrogen (secondary N) is 3. The number of anilines is 1. The van der Waals surface area contributed by atoms with Crippen molar-refractivity contribution in [3.05, 3.63) is 29.8 Å². The number of nitrogens with zero attached hydrogens (tertiary/aromatic N) is 1. The van der Waals surface area contributed by atoms with Crippen LogP contribution in [0.2, 0.25) is 0 Å². The molecule has 2 saturated heterocycles. The Balaban J connectivity index is 0.00000192. The molecule has 1 aromatic rings. The first-order chi connectivity index (χ1) is 10.6. The van der Waals surface area contributed by atoms with E-state index in [1.54, 1.807) is 17.0 Å². The second-order valence-corrected chi connectivity index (χ2v) is 5.90. The number of benzene rings is 1. The molecule has 0 bridgehead atoms. The molecular formula is C16H23ClN4O2. The molecule has 3 rings (SSSR count). The molecule has 2 atom stereocenters. The molecule has 2 fully saturated rings. The van der Waals surface area contributed by atoms with Crippen LogP contribution in [-0.4, -0.2) is 43.7 Å². The van der Waals surface area contributed by atoms with Crippen LogP contribution in [0.3, 0.4) is 0 Å². The van der Waals surface area contributed by atoms with Crippen LogP contribution >= 0.6 is 12.4 Å². The smallest absolute Gasteiger partial charge is 0.321 e. The minimum Gasteiger partial charge on any atom is -0.348 e. The van der Waals surface area contributed by atoms with Crippen molar-refractivity contribution in [2.45, 2.75) is 31.8 Å². The Morgan fingerprint density at radius 3 is 2.61 bits per heavy atom. The monoisotopic (exact) mass is 338 g/mol. The Labute approximate surface area is 142 Å². The average Bonchev–Trinajstić information content (AvgIpc) is 2.96. The highest BCUT2D eigenvalue weighted by Gasteiger charge is 2.24. The van der Waals surface area contributed by atoms with E-state index in [0.717, 1.165) is 25.1 Å². The fraction of sp³-hybridized carbons (Fsp3) is 0.500. The van der Waals surface area contributed by atoms with Gasteiger partial charge in [-0.2, -0.15) is 0 Å². The van der Waals surface area contributed by atoms with Crippen LogP contribution in [-0.2, 0) is 0 Å². The average molecular weight is 339 g/mol. The minimum absolute atomic E-state index is 0. The molecular weight excluding hydrogens is 316 g/mol. The van der Waals surface area contributed by atoms with Crippen molar-refractivity contribution in [1.82, 2.24) is 16.0 Å². The molecule has 0 spiro atoms. The lowest BCUT2D eigenvalue weighted by atomic mass is 9.99. The largest absolute Gasteiger partial charge is 0.348 e. The van der Waals surface area contributed by atoms with Gasteiger partial charge in [0.1, 0.15) is 0 Å². The van der Waals surface area contributed by atoms with Crippen molar-refractivity contribution >= 4 is 30.0 Å². The third-order valence-corrected chi connectivity index (χ3v) is 4.38. The Bertz CT molecular complexity index is 564. The molecule has 0 aromatic heterocycles. The normalized spacial score (nSPS) is 23.9. The standard InChI is InChI=1S/C16H22N4O2.ClH/c1-11-14(3-2-8-17-11)19-15(21)12-4-6-13(7-5-12)20-10-9-18-16(20)22;/h4-7,11,14,17H,2-3,8-10H2,1H3,(H,18,22)(H,19,21);1H. The van der Waals surface area contributed by atoms with Crippen molar-refractivity contribution in [3.63, 3.8) is 0 Å². The van der Waals surface area contributed by atoms with Gasteiger partial charge in [0.15, 0.2) is 0 Å². The molecule has 2 unspecified atom stereocenters. The summed E-state index contributed by atoms with van der Waals surface area (Å²) in [7, 11) is 0. The first kappa shape index (κ1) is 17.6. The highest BCUT2D eigenvalue weighted by molar-refractivity contribution is 5.97. The summed E-state index contributed by atoms with van der Waals surface area (Å²) in [6.45, 7) is 4.43. The molecule has 6 nitrogen and oxygen atoms in total. The molecule has 23 heavy (non-hydrogen) atoms. The zero-order valence-electron chi connectivity index (χ0n) is 13.2. The van der Waals surface area contributed by atoms with Crippen molar-refractivity contribution in [1.29, 1.82) is 0 Å². The number of carbonyl (C=O) groups excluding carboxylic acids is 2. The fourth-order valence-corrected chi connectivity index (χ4v) is 3.00. The van der Waals surface area contributed by atoms with E-state index >= 15 is 0 Å². The zero-order chi connectivity index (χ0) is 15.5. The lowest BCUT2D eigenvalue weighted by molar-refractivity contribution is 0.0920. The molecule has 2 aliphatic rings. The van der Waals surface area contributed by atoms with Crippen LogP contribution in [0.5, 0.6) is 0 Å². The number of carbonyl (C=O) groups is 2. The van der Waals surface area contributed by atoms with E-state index in [-0.39, 0.29) is 30.4 Å². The van der Waals surface area contributed by atoms with Crippen molar-refractivity contribution in [2.75, 3.05) is 24.5 Å². The number of urea groups is 1. The molecule has 0 saturated carbocycles. The molecule has 2 heterocycles. The summed E-state index contributed by atoms with van der Waals surface area (Å²) in [5.41, 5.74) is 1.44. The molecule has 3 N–H and O–H groups in total. The number of hydrogen-bond donors (Lipinski definition) is 3. The summed E-state index contributed by atoms with van der Waals surface area (Å²) in [5, 5.41) is 9.23. The van der Waals surface area contributed by atoms with Gasteiger partial charge in [-0.3, -0.25) is 9.69 Å². The van der Waals surface area contributed by atoms with Crippen LogP contribution in [0.4, 0.5) is 10.5 Å². The third-order valence-electron chi connectivity index (χ3n) is 4.38. The van der Waals surface area contributed by atoms with Crippen molar-refractivity contribution < 1.29 is 9.59 Å². The first-order valence-electron chi connectivity index (χ1n) is 7.85. The zero-order valence-corrected chi connectivity index (χ0v) is 14.0. The lowest BCUT2D eigenvalue weighted by Crippen LogP contribution is -2.51. The van der Waals surface area contributed by atoms with Gasteiger partial charge in [0.25, 0.3) is 5.91 Å². The first-order valence-corrected chi connectivity index (χ1v) is 7.85. The number of rotatable bonds is 3. The number of piperidine rings is 1. The second-order valence-electron chi connectivity index (χ2n) is 5.90. The molecule has 3 amide bonds. The van der Waals surface area contributed by atoms with Gasteiger partial charge in [-0.25, -0.2) is 4.79 Å². The summed E-state index contributed by atoms with van der Waals surface area (Å²) in [4.78, 5) is 25.6. The van der Waals surface area contributed by atoms with Gasteiger partial charge in [-0.05, 0) is 50.6 Å². The van der Waals surface area contributed by atoms with Gasteiger partial charge in [-0.15, -0.1) is 12.4 Å². The van der Waals surface area contributed by atoms with E-state index in [0.29, 0.717) is 24.7 Å². The Morgan fingerprint density at radius 2 is 2.00 bits per heavy atom. The highest BCUT2D eigenvalue weighted by atomic mass is 35.5. The van der Waals surface area contributed by atoms with E-state index in [4.69, 9.17) is 0 Å². The third kappa shape index (κ3) is 3.95. The van der Waals surface area contributed by atoms with Crippen LogP contribution in [0.1, 0.15) is 30.1 Å². The van der Waals surface area contributed by atoms with E-state index in [9.17, 15) is 9.59 Å².